The lowest BCUT2D eigenvalue weighted by Crippen LogP contribution is -2.49. The Morgan fingerprint density at radius 3 is 2.74 bits per heavy atom. The smallest absolute Gasteiger partial charge is 0.340 e. The molecule has 8 nitrogen and oxygen atoms in total. The number of phenolic OH excluding ortho intramolecular Hbond substituents is 2. The van der Waals surface area contributed by atoms with Gasteiger partial charge in [-0.2, -0.15) is 0 Å². The molecule has 5 rings (SSSR count). The molecule has 4 heterocycles. The minimum absolute atomic E-state index is 0.00865. The number of pyridine rings is 1. The summed E-state index contributed by atoms with van der Waals surface area (Å²) < 4.78 is 7.04. The second kappa shape index (κ2) is 7.01. The van der Waals surface area contributed by atoms with E-state index < -0.39 is 11.4 Å². The number of carbonyl (C=O) groups excluding carboxylic acids is 1. The first-order valence-electron chi connectivity index (χ1n) is 10.3. The molecule has 2 aliphatic heterocycles. The molecule has 2 aliphatic rings. The number of hydrogen-bond donors (Lipinski definition) is 2. The molecule has 0 radical (unpaired) electrons. The van der Waals surface area contributed by atoms with Crippen LogP contribution in [0.15, 0.2) is 44.3 Å². The molecule has 0 spiro atoms. The van der Waals surface area contributed by atoms with Crippen LogP contribution in [-0.2, 0) is 17.8 Å². The molecule has 2 N–H and O–H groups in total. The third kappa shape index (κ3) is 3.10. The number of phenols is 2. The lowest BCUT2D eigenvalue weighted by molar-refractivity contribution is -0.133. The Labute approximate surface area is 177 Å². The highest BCUT2D eigenvalue weighted by molar-refractivity contribution is 5.89. The van der Waals surface area contributed by atoms with E-state index in [9.17, 15) is 24.6 Å². The fourth-order valence-corrected chi connectivity index (χ4v) is 5.00. The first kappa shape index (κ1) is 19.4. The molecule has 160 valence electrons. The number of carbonyl (C=O) groups is 1. The van der Waals surface area contributed by atoms with Crippen molar-refractivity contribution in [2.45, 2.75) is 32.2 Å². The van der Waals surface area contributed by atoms with Crippen molar-refractivity contribution in [1.82, 2.24) is 9.47 Å². The second-order valence-electron chi connectivity index (χ2n) is 8.48. The maximum absolute atomic E-state index is 13.1. The summed E-state index contributed by atoms with van der Waals surface area (Å²) in [6.07, 6.45) is 0.833. The molecule has 2 aromatic heterocycles. The number of aromatic hydroxyl groups is 2. The Kier molecular flexibility index (Phi) is 4.39. The lowest BCUT2D eigenvalue weighted by atomic mass is 9.83. The van der Waals surface area contributed by atoms with Crippen molar-refractivity contribution in [2.75, 3.05) is 13.1 Å². The van der Waals surface area contributed by atoms with Crippen LogP contribution in [0.25, 0.3) is 11.0 Å². The molecule has 2 atom stereocenters. The zero-order valence-electron chi connectivity index (χ0n) is 17.0. The van der Waals surface area contributed by atoms with Gasteiger partial charge in [-0.15, -0.1) is 0 Å². The SMILES string of the molecule is Cc1c(CC(=O)N2C[C@@H]3C[C@@H](C2)c2cccc(=O)n2C3)c(=O)oc2c(O)c(O)ccc12. The lowest BCUT2D eigenvalue weighted by Gasteiger charge is -2.42. The largest absolute Gasteiger partial charge is 0.504 e. The summed E-state index contributed by atoms with van der Waals surface area (Å²) >= 11 is 0. The Balaban J connectivity index is 1.44. The molecular weight excluding hydrogens is 400 g/mol. The number of aromatic nitrogens is 1. The van der Waals surface area contributed by atoms with Gasteiger partial charge in [0.2, 0.25) is 11.7 Å². The zero-order valence-corrected chi connectivity index (χ0v) is 17.0. The van der Waals surface area contributed by atoms with Gasteiger partial charge in [0, 0.05) is 42.7 Å². The summed E-state index contributed by atoms with van der Waals surface area (Å²) in [7, 11) is 0. The minimum Gasteiger partial charge on any atom is -0.504 e. The van der Waals surface area contributed by atoms with Crippen molar-refractivity contribution >= 4 is 16.9 Å². The van der Waals surface area contributed by atoms with Crippen LogP contribution < -0.4 is 11.2 Å². The Morgan fingerprint density at radius 2 is 1.94 bits per heavy atom. The van der Waals surface area contributed by atoms with Crippen molar-refractivity contribution in [3.63, 3.8) is 0 Å². The van der Waals surface area contributed by atoms with Crippen molar-refractivity contribution in [3.05, 3.63) is 67.9 Å². The van der Waals surface area contributed by atoms with Crippen LogP contribution in [0.1, 0.15) is 29.2 Å². The van der Waals surface area contributed by atoms with E-state index in [2.05, 4.69) is 0 Å². The van der Waals surface area contributed by atoms with Crippen LogP contribution >= 0.6 is 0 Å². The highest BCUT2D eigenvalue weighted by atomic mass is 16.4. The summed E-state index contributed by atoms with van der Waals surface area (Å²) in [5.74, 6) is -0.741. The number of rotatable bonds is 2. The fraction of sp³-hybridized carbons (Fsp3) is 0.348. The van der Waals surface area contributed by atoms with E-state index in [1.54, 1.807) is 30.0 Å². The molecule has 1 aromatic carbocycles. The Bertz CT molecular complexity index is 1340. The molecule has 0 saturated carbocycles. The second-order valence-corrected chi connectivity index (χ2v) is 8.48. The third-order valence-corrected chi connectivity index (χ3v) is 6.57. The molecule has 1 saturated heterocycles. The number of benzene rings is 1. The first-order chi connectivity index (χ1) is 14.8. The van der Waals surface area contributed by atoms with Crippen molar-refractivity contribution < 1.29 is 19.4 Å². The van der Waals surface area contributed by atoms with E-state index in [0.29, 0.717) is 30.6 Å². The maximum atomic E-state index is 13.1. The molecular formula is C23H22N2O6. The van der Waals surface area contributed by atoms with Crippen LogP contribution in [0.2, 0.25) is 0 Å². The molecule has 31 heavy (non-hydrogen) atoms. The molecule has 3 aromatic rings. The predicted octanol–water partition coefficient (Wildman–Crippen LogP) is 1.86. The van der Waals surface area contributed by atoms with E-state index >= 15 is 0 Å². The van der Waals surface area contributed by atoms with E-state index in [1.807, 2.05) is 10.6 Å². The summed E-state index contributed by atoms with van der Waals surface area (Å²) in [5.41, 5.74) is 0.948. The van der Waals surface area contributed by atoms with Gasteiger partial charge in [-0.25, -0.2) is 4.79 Å². The van der Waals surface area contributed by atoms with Crippen molar-refractivity contribution in [2.24, 2.45) is 5.92 Å². The third-order valence-electron chi connectivity index (χ3n) is 6.57. The molecule has 0 aliphatic carbocycles. The number of amides is 1. The van der Waals surface area contributed by atoms with Crippen LogP contribution in [0.3, 0.4) is 0 Å². The summed E-state index contributed by atoms with van der Waals surface area (Å²) in [6, 6.07) is 8.14. The quantitative estimate of drug-likeness (QED) is 0.482. The summed E-state index contributed by atoms with van der Waals surface area (Å²) in [4.78, 5) is 39.6. The highest BCUT2D eigenvalue weighted by Crippen LogP contribution is 2.36. The summed E-state index contributed by atoms with van der Waals surface area (Å²) in [5, 5.41) is 20.1. The topological polar surface area (TPSA) is 113 Å². The van der Waals surface area contributed by atoms with Gasteiger partial charge in [0.05, 0.1) is 12.0 Å². The zero-order chi connectivity index (χ0) is 21.9. The van der Waals surface area contributed by atoms with E-state index in [1.165, 1.54) is 6.07 Å². The van der Waals surface area contributed by atoms with Crippen molar-refractivity contribution in [3.8, 4) is 11.5 Å². The van der Waals surface area contributed by atoms with Crippen LogP contribution in [0, 0.1) is 12.8 Å². The van der Waals surface area contributed by atoms with Gasteiger partial charge < -0.3 is 24.1 Å². The maximum Gasteiger partial charge on any atom is 0.340 e. The molecule has 0 unspecified atom stereocenters. The fourth-order valence-electron chi connectivity index (χ4n) is 5.00. The van der Waals surface area contributed by atoms with Crippen LogP contribution in [0.4, 0.5) is 0 Å². The monoisotopic (exact) mass is 422 g/mol. The summed E-state index contributed by atoms with van der Waals surface area (Å²) in [6.45, 7) is 3.34. The van der Waals surface area contributed by atoms with Gasteiger partial charge >= 0.3 is 5.63 Å². The average Bonchev–Trinajstić information content (AvgIpc) is 2.74. The standard InChI is InChI=1S/C23H22N2O6/c1-12-15-5-6-18(26)21(29)22(15)31-23(30)16(12)8-20(28)24-9-13-7-14(11-24)17-3-2-4-19(27)25(17)10-13/h2-6,13-14,26,29H,7-11H2,1H3/t13-,14-/m0/s1. The number of aryl methyl sites for hydroxylation is 1. The average molecular weight is 422 g/mol. The Morgan fingerprint density at radius 1 is 1.13 bits per heavy atom. The Hall–Kier alpha value is -3.55. The normalized spacial score (nSPS) is 20.0. The molecule has 2 bridgehead atoms. The number of piperidine rings is 1. The van der Waals surface area contributed by atoms with Crippen LogP contribution in [-0.4, -0.2) is 38.7 Å². The van der Waals surface area contributed by atoms with Gasteiger partial charge in [-0.1, -0.05) is 6.07 Å². The molecule has 8 heteroatoms. The van der Waals surface area contributed by atoms with E-state index in [-0.39, 0.29) is 46.6 Å². The number of nitrogens with zero attached hydrogens (tertiary/aromatic N) is 2. The first-order valence-corrected chi connectivity index (χ1v) is 10.3. The van der Waals surface area contributed by atoms with Crippen molar-refractivity contribution in [1.29, 1.82) is 0 Å². The van der Waals surface area contributed by atoms with Gasteiger partial charge in [0.25, 0.3) is 5.56 Å². The van der Waals surface area contributed by atoms with E-state index in [0.717, 1.165) is 12.1 Å². The molecule has 1 amide bonds. The highest BCUT2D eigenvalue weighted by Gasteiger charge is 2.36. The van der Waals surface area contributed by atoms with Gasteiger partial charge in [-0.05, 0) is 43.0 Å². The van der Waals surface area contributed by atoms with Gasteiger partial charge in [0.15, 0.2) is 11.3 Å². The van der Waals surface area contributed by atoms with Gasteiger partial charge in [0.1, 0.15) is 0 Å². The number of hydrogen-bond acceptors (Lipinski definition) is 6. The minimum atomic E-state index is -0.701. The number of likely N-dealkylation sites (tertiary alicyclic amines) is 1. The van der Waals surface area contributed by atoms with E-state index in [4.69, 9.17) is 4.42 Å². The molecule has 1 fully saturated rings. The van der Waals surface area contributed by atoms with Gasteiger partial charge in [-0.3, -0.25) is 9.59 Å². The number of fused-ring (bicyclic) bond motifs is 5. The van der Waals surface area contributed by atoms with Crippen LogP contribution in [0.5, 0.6) is 11.5 Å². The predicted molar refractivity (Wildman–Crippen MR) is 112 cm³/mol.